The number of hydrogen-bond acceptors (Lipinski definition) is 6. The van der Waals surface area contributed by atoms with Gasteiger partial charge in [-0.1, -0.05) is 0 Å². The Morgan fingerprint density at radius 2 is 2.00 bits per heavy atom. The van der Waals surface area contributed by atoms with Gasteiger partial charge in [-0.05, 0) is 75.7 Å². The van der Waals surface area contributed by atoms with Gasteiger partial charge in [0.2, 0.25) is 5.88 Å². The van der Waals surface area contributed by atoms with Crippen molar-refractivity contribution in [3.8, 4) is 5.88 Å². The second-order valence-electron chi connectivity index (χ2n) is 9.40. The van der Waals surface area contributed by atoms with Crippen molar-refractivity contribution in [2.24, 2.45) is 17.8 Å². The Kier molecular flexibility index (Phi) is 5.97. The van der Waals surface area contributed by atoms with Crippen molar-refractivity contribution in [3.63, 3.8) is 0 Å². The van der Waals surface area contributed by atoms with Crippen LogP contribution in [0.15, 0.2) is 23.2 Å². The topological polar surface area (TPSA) is 85.8 Å². The second-order valence-corrected chi connectivity index (χ2v) is 11.4. The summed E-state index contributed by atoms with van der Waals surface area (Å²) in [6, 6.07) is 3.14. The fourth-order valence-electron chi connectivity index (χ4n) is 4.73. The minimum Gasteiger partial charge on any atom is -0.478 e. The highest BCUT2D eigenvalue weighted by atomic mass is 32.2. The van der Waals surface area contributed by atoms with Crippen molar-refractivity contribution < 1.29 is 22.7 Å². The first kappa shape index (κ1) is 21.4. The maximum Gasteiger partial charge on any atom is 0.410 e. The van der Waals surface area contributed by atoms with Crippen LogP contribution < -0.4 is 4.74 Å². The Hall–Kier alpha value is -1.83. The average molecular weight is 437 g/mol. The summed E-state index contributed by atoms with van der Waals surface area (Å²) >= 11 is 0. The van der Waals surface area contributed by atoms with Crippen LogP contribution >= 0.6 is 0 Å². The highest BCUT2D eigenvalue weighted by Crippen LogP contribution is 2.49. The van der Waals surface area contributed by atoms with Gasteiger partial charge in [0.15, 0.2) is 9.84 Å². The molecule has 166 valence electrons. The molecule has 2 aliphatic carbocycles. The van der Waals surface area contributed by atoms with Gasteiger partial charge in [0.05, 0.1) is 11.5 Å². The lowest BCUT2D eigenvalue weighted by Gasteiger charge is -2.40. The number of piperidine rings is 1. The van der Waals surface area contributed by atoms with Crippen LogP contribution in [0.3, 0.4) is 0 Å². The molecule has 0 spiro atoms. The largest absolute Gasteiger partial charge is 0.478 e. The smallest absolute Gasteiger partial charge is 0.410 e. The van der Waals surface area contributed by atoms with Crippen molar-refractivity contribution in [3.05, 3.63) is 18.3 Å². The number of aromatic nitrogens is 1. The van der Waals surface area contributed by atoms with Crippen molar-refractivity contribution in [1.29, 1.82) is 0 Å². The molecule has 0 radical (unpaired) electrons. The molecule has 0 aromatic carbocycles. The van der Waals surface area contributed by atoms with E-state index in [-0.39, 0.29) is 16.6 Å². The molecule has 3 aliphatic rings. The number of ether oxygens (including phenoxy) is 2. The Balaban J connectivity index is 1.14. The van der Waals surface area contributed by atoms with Gasteiger partial charge in [0.25, 0.3) is 0 Å². The summed E-state index contributed by atoms with van der Waals surface area (Å²) < 4.78 is 34.3. The van der Waals surface area contributed by atoms with E-state index in [0.29, 0.717) is 24.3 Å². The number of likely N-dealkylation sites (tertiary alicyclic amines) is 1. The molecule has 0 bridgehead atoms. The predicted octanol–water partition coefficient (Wildman–Crippen LogP) is 3.68. The Labute approximate surface area is 179 Å². The predicted molar refractivity (Wildman–Crippen MR) is 112 cm³/mol. The lowest BCUT2D eigenvalue weighted by atomic mass is 9.82. The van der Waals surface area contributed by atoms with Gasteiger partial charge in [-0.15, -0.1) is 0 Å². The molecule has 7 nitrogen and oxygen atoms in total. The van der Waals surface area contributed by atoms with Crippen LogP contribution in [0, 0.1) is 17.8 Å². The molecule has 8 heteroatoms. The van der Waals surface area contributed by atoms with Gasteiger partial charge in [-0.2, -0.15) is 0 Å². The third-order valence-electron chi connectivity index (χ3n) is 7.00. The van der Waals surface area contributed by atoms with Crippen LogP contribution in [0.25, 0.3) is 0 Å². The Bertz CT molecular complexity index is 858. The maximum absolute atomic E-state index is 12.4. The Morgan fingerprint density at radius 3 is 2.57 bits per heavy atom. The van der Waals surface area contributed by atoms with Crippen LogP contribution in [0.4, 0.5) is 4.79 Å². The van der Waals surface area contributed by atoms with Gasteiger partial charge in [-0.3, -0.25) is 0 Å². The molecule has 0 N–H and O–H groups in total. The number of sulfone groups is 1. The molecule has 1 aromatic rings. The summed E-state index contributed by atoms with van der Waals surface area (Å²) in [5.41, 5.74) is -0.227. The highest BCUT2D eigenvalue weighted by molar-refractivity contribution is 7.90. The molecule has 30 heavy (non-hydrogen) atoms. The minimum absolute atomic E-state index is 0.134. The summed E-state index contributed by atoms with van der Waals surface area (Å²) in [7, 11) is -3.23. The number of rotatable bonds is 7. The zero-order chi connectivity index (χ0) is 21.4. The number of nitrogens with zero attached hydrogens (tertiary/aromatic N) is 2. The first-order chi connectivity index (χ1) is 14.2. The summed E-state index contributed by atoms with van der Waals surface area (Å²) in [5.74, 6) is 2.56. The lowest BCUT2D eigenvalue weighted by Crippen LogP contribution is -2.46. The van der Waals surface area contributed by atoms with Gasteiger partial charge >= 0.3 is 6.09 Å². The van der Waals surface area contributed by atoms with Crippen molar-refractivity contribution in [1.82, 2.24) is 9.88 Å². The molecule has 2 saturated carbocycles. The van der Waals surface area contributed by atoms with Gasteiger partial charge in [-0.25, -0.2) is 18.2 Å². The quantitative estimate of drug-likeness (QED) is 0.648. The number of carbonyl (C=O) groups is 1. The second kappa shape index (κ2) is 8.36. The zero-order valence-electron chi connectivity index (χ0n) is 17.9. The fourth-order valence-corrected chi connectivity index (χ4v) is 5.29. The molecule has 2 heterocycles. The van der Waals surface area contributed by atoms with Crippen LogP contribution in [0.1, 0.15) is 51.9 Å². The third kappa shape index (κ3) is 5.07. The summed E-state index contributed by atoms with van der Waals surface area (Å²) in [6.07, 6.45) is 9.83. The number of carbonyl (C=O) groups excluding carboxylic acids is 1. The van der Waals surface area contributed by atoms with E-state index in [1.54, 1.807) is 6.07 Å². The van der Waals surface area contributed by atoms with Crippen molar-refractivity contribution in [2.75, 3.05) is 26.0 Å². The molecule has 1 saturated heterocycles. The normalized spacial score (nSPS) is 26.0. The molecule has 1 amide bonds. The summed E-state index contributed by atoms with van der Waals surface area (Å²) in [5, 5.41) is 0. The van der Waals surface area contributed by atoms with E-state index in [9.17, 15) is 13.2 Å². The van der Waals surface area contributed by atoms with E-state index in [2.05, 4.69) is 4.98 Å². The molecule has 4 rings (SSSR count). The first-order valence-electron chi connectivity index (χ1n) is 11.0. The van der Waals surface area contributed by atoms with Crippen LogP contribution in [0.2, 0.25) is 0 Å². The third-order valence-corrected chi connectivity index (χ3v) is 8.10. The minimum atomic E-state index is -3.23. The first-order valence-corrected chi connectivity index (χ1v) is 12.9. The molecule has 0 unspecified atom stereocenters. The summed E-state index contributed by atoms with van der Waals surface area (Å²) in [4.78, 5) is 18.5. The van der Waals surface area contributed by atoms with Crippen molar-refractivity contribution >= 4 is 15.9 Å². The van der Waals surface area contributed by atoms with Crippen LogP contribution in [-0.4, -0.2) is 55.9 Å². The van der Waals surface area contributed by atoms with E-state index in [4.69, 9.17) is 9.47 Å². The van der Waals surface area contributed by atoms with Crippen LogP contribution in [-0.2, 0) is 14.6 Å². The lowest BCUT2D eigenvalue weighted by molar-refractivity contribution is -0.0508. The molecular formula is C22H32N2O5S. The van der Waals surface area contributed by atoms with Gasteiger partial charge in [0.1, 0.15) is 5.60 Å². The van der Waals surface area contributed by atoms with Gasteiger partial charge in [0, 0.05) is 31.6 Å². The number of pyridine rings is 1. The van der Waals surface area contributed by atoms with Crippen LogP contribution in [0.5, 0.6) is 5.88 Å². The van der Waals surface area contributed by atoms with E-state index < -0.39 is 9.84 Å². The average Bonchev–Trinajstić information content (AvgIpc) is 3.46. The molecule has 1 aliphatic heterocycles. The molecule has 3 fully saturated rings. The molecule has 1 aromatic heterocycles. The number of hydrogen-bond donors (Lipinski definition) is 0. The summed E-state index contributed by atoms with van der Waals surface area (Å²) in [6.45, 7) is 4.23. The highest BCUT2D eigenvalue weighted by Gasteiger charge is 2.44. The monoisotopic (exact) mass is 436 g/mol. The Morgan fingerprint density at radius 1 is 1.27 bits per heavy atom. The van der Waals surface area contributed by atoms with E-state index in [1.165, 1.54) is 24.9 Å². The fraction of sp³-hybridized carbons (Fsp3) is 0.727. The van der Waals surface area contributed by atoms with Gasteiger partial charge < -0.3 is 14.4 Å². The maximum atomic E-state index is 12.4. The van der Waals surface area contributed by atoms with E-state index >= 15 is 0 Å². The van der Waals surface area contributed by atoms with E-state index in [1.807, 2.05) is 11.8 Å². The molecular weight excluding hydrogens is 404 g/mol. The molecule has 2 atom stereocenters. The van der Waals surface area contributed by atoms with E-state index in [0.717, 1.165) is 57.5 Å². The van der Waals surface area contributed by atoms with Crippen molar-refractivity contribution in [2.45, 2.75) is 62.4 Å². The zero-order valence-corrected chi connectivity index (χ0v) is 18.7. The number of amides is 1. The SMILES string of the molecule is CC1(OC(=O)N2CCC([C@H]3C[C@H]3CCOc3ccc(S(C)(=O)=O)cn3)CC2)CCC1. The standard InChI is InChI=1S/C22H32N2O5S/c1-22(9-3-10-22)29-21(25)24-11-6-16(7-12-24)19-14-17(19)8-13-28-20-5-4-18(15-23-20)30(2,26)27/h4-5,15-17,19H,3,6-14H2,1-2H3/t17-,19-/m1/s1.